The van der Waals surface area contributed by atoms with Crippen molar-refractivity contribution in [2.45, 2.75) is 58.0 Å². The number of rotatable bonds is 7. The molecule has 0 heterocycles. The Morgan fingerprint density at radius 2 is 2.00 bits per heavy atom. The summed E-state index contributed by atoms with van der Waals surface area (Å²) in [6.45, 7) is 1.97. The molecule has 1 aliphatic rings. The van der Waals surface area contributed by atoms with Crippen LogP contribution in [0, 0.1) is 23.7 Å². The average Bonchev–Trinajstić information content (AvgIpc) is 2.77. The first kappa shape index (κ1) is 17.5. The summed E-state index contributed by atoms with van der Waals surface area (Å²) in [5, 5.41) is 18.5. The van der Waals surface area contributed by atoms with E-state index >= 15 is 0 Å². The van der Waals surface area contributed by atoms with Gasteiger partial charge in [-0.25, -0.2) is 0 Å². The van der Waals surface area contributed by atoms with Gasteiger partial charge in [-0.15, -0.1) is 11.8 Å². The fraction of sp³-hybridized carbons (Fsp3) is 0.647. The molecule has 116 valence electrons. The fourth-order valence-corrected chi connectivity index (χ4v) is 2.61. The van der Waals surface area contributed by atoms with Gasteiger partial charge in [0.25, 0.3) is 0 Å². The van der Waals surface area contributed by atoms with E-state index in [0.717, 1.165) is 19.3 Å². The molecule has 3 atom stereocenters. The Bertz CT molecular complexity index is 441. The molecule has 0 radical (unpaired) electrons. The van der Waals surface area contributed by atoms with Gasteiger partial charge in [0.15, 0.2) is 5.78 Å². The zero-order valence-corrected chi connectivity index (χ0v) is 12.5. The highest BCUT2D eigenvalue weighted by Crippen LogP contribution is 2.35. The van der Waals surface area contributed by atoms with E-state index in [-0.39, 0.29) is 30.1 Å². The molecule has 0 bridgehead atoms. The van der Waals surface area contributed by atoms with Crippen molar-refractivity contribution in [3.8, 4) is 11.8 Å². The van der Waals surface area contributed by atoms with E-state index in [2.05, 4.69) is 11.8 Å². The highest BCUT2D eigenvalue weighted by atomic mass is 16.4. The Morgan fingerprint density at radius 1 is 1.24 bits per heavy atom. The van der Waals surface area contributed by atoms with Gasteiger partial charge >= 0.3 is 5.97 Å². The Morgan fingerprint density at radius 3 is 2.67 bits per heavy atom. The number of aliphatic hydroxyl groups excluding tert-OH is 1. The van der Waals surface area contributed by atoms with Crippen LogP contribution in [0.4, 0.5) is 0 Å². The van der Waals surface area contributed by atoms with Crippen molar-refractivity contribution in [2.24, 2.45) is 11.8 Å². The van der Waals surface area contributed by atoms with Gasteiger partial charge in [-0.1, -0.05) is 13.0 Å². The Balaban J connectivity index is 2.49. The summed E-state index contributed by atoms with van der Waals surface area (Å²) >= 11 is 0. The molecule has 0 aromatic rings. The molecule has 4 nitrogen and oxygen atoms in total. The summed E-state index contributed by atoms with van der Waals surface area (Å²) in [5.41, 5.74) is 0. The van der Waals surface area contributed by atoms with Gasteiger partial charge in [0.05, 0.1) is 12.5 Å². The molecule has 0 aliphatic heterocycles. The second kappa shape index (κ2) is 9.36. The van der Waals surface area contributed by atoms with Gasteiger partial charge in [-0.3, -0.25) is 9.59 Å². The molecular formula is C17H24O4. The topological polar surface area (TPSA) is 74.6 Å². The summed E-state index contributed by atoms with van der Waals surface area (Å²) in [5.74, 6) is 5.32. The SMILES string of the molecule is CCCC(=O)/C=C/C1CCC(O)C1CC#CCCC(=O)O. The Hall–Kier alpha value is -1.60. The number of ketones is 1. The van der Waals surface area contributed by atoms with Gasteiger partial charge in [0, 0.05) is 25.2 Å². The largest absolute Gasteiger partial charge is 0.481 e. The lowest BCUT2D eigenvalue weighted by molar-refractivity contribution is -0.136. The lowest BCUT2D eigenvalue weighted by atomic mass is 9.91. The maximum absolute atomic E-state index is 11.5. The molecule has 0 saturated heterocycles. The summed E-state index contributed by atoms with van der Waals surface area (Å²) in [6.07, 6.45) is 7.13. The standard InChI is InChI=1S/C17H24O4/c1-2-6-14(18)11-9-13-10-12-16(19)15(13)7-4-3-5-8-17(20)21/h9,11,13,15-16,19H,2,5-8,10,12H2,1H3,(H,20,21)/b11-9+. The van der Waals surface area contributed by atoms with Crippen molar-refractivity contribution in [1.82, 2.24) is 0 Å². The molecule has 0 spiro atoms. The molecule has 0 aromatic heterocycles. The van der Waals surface area contributed by atoms with E-state index in [0.29, 0.717) is 19.3 Å². The van der Waals surface area contributed by atoms with Crippen LogP contribution in [0.2, 0.25) is 0 Å². The third-order valence-corrected chi connectivity index (χ3v) is 3.79. The van der Waals surface area contributed by atoms with Crippen molar-refractivity contribution in [2.75, 3.05) is 0 Å². The van der Waals surface area contributed by atoms with Crippen LogP contribution >= 0.6 is 0 Å². The van der Waals surface area contributed by atoms with Crippen LogP contribution in [0.15, 0.2) is 12.2 Å². The van der Waals surface area contributed by atoms with Gasteiger partial charge in [-0.2, -0.15) is 0 Å². The minimum absolute atomic E-state index is 0.0491. The van der Waals surface area contributed by atoms with Crippen molar-refractivity contribution < 1.29 is 19.8 Å². The third-order valence-electron chi connectivity index (χ3n) is 3.79. The number of allylic oxidation sites excluding steroid dienone is 2. The maximum Gasteiger partial charge on any atom is 0.304 e. The number of carboxylic acids is 1. The monoisotopic (exact) mass is 292 g/mol. The highest BCUT2D eigenvalue weighted by molar-refractivity contribution is 5.89. The zero-order valence-electron chi connectivity index (χ0n) is 12.5. The molecular weight excluding hydrogens is 268 g/mol. The van der Waals surface area contributed by atoms with Crippen LogP contribution in [-0.2, 0) is 9.59 Å². The zero-order chi connectivity index (χ0) is 15.7. The van der Waals surface area contributed by atoms with E-state index < -0.39 is 5.97 Å². The molecule has 21 heavy (non-hydrogen) atoms. The van der Waals surface area contributed by atoms with Crippen molar-refractivity contribution >= 4 is 11.8 Å². The summed E-state index contributed by atoms with van der Waals surface area (Å²) in [7, 11) is 0. The maximum atomic E-state index is 11.5. The molecule has 2 N–H and O–H groups in total. The molecule has 0 amide bonds. The number of carbonyl (C=O) groups excluding carboxylic acids is 1. The van der Waals surface area contributed by atoms with Crippen LogP contribution in [0.25, 0.3) is 0 Å². The Labute approximate surface area is 126 Å². The summed E-state index contributed by atoms with van der Waals surface area (Å²) in [4.78, 5) is 21.9. The number of aliphatic carboxylic acids is 1. The number of carboxylic acid groups (broad SMARTS) is 1. The van der Waals surface area contributed by atoms with Gasteiger partial charge in [0.2, 0.25) is 0 Å². The lowest BCUT2D eigenvalue weighted by Gasteiger charge is -2.16. The quantitative estimate of drug-likeness (QED) is 0.558. The smallest absolute Gasteiger partial charge is 0.304 e. The van der Waals surface area contributed by atoms with E-state index in [4.69, 9.17) is 5.11 Å². The highest BCUT2D eigenvalue weighted by Gasteiger charge is 2.32. The molecule has 1 rings (SSSR count). The first-order valence-electron chi connectivity index (χ1n) is 7.61. The second-order valence-corrected chi connectivity index (χ2v) is 5.50. The normalized spacial score (nSPS) is 24.8. The first-order chi connectivity index (χ1) is 10.0. The number of carbonyl (C=O) groups is 2. The number of hydrogen-bond acceptors (Lipinski definition) is 3. The first-order valence-corrected chi connectivity index (χ1v) is 7.61. The lowest BCUT2D eigenvalue weighted by Crippen LogP contribution is -2.17. The molecule has 4 heteroatoms. The van der Waals surface area contributed by atoms with Crippen LogP contribution in [0.1, 0.15) is 51.9 Å². The fourth-order valence-electron chi connectivity index (χ4n) is 2.61. The van der Waals surface area contributed by atoms with E-state index in [1.54, 1.807) is 6.08 Å². The number of hydrogen-bond donors (Lipinski definition) is 2. The third kappa shape index (κ3) is 6.59. The minimum Gasteiger partial charge on any atom is -0.481 e. The van der Waals surface area contributed by atoms with Gasteiger partial charge in [-0.05, 0) is 31.3 Å². The van der Waals surface area contributed by atoms with E-state index in [1.165, 1.54) is 0 Å². The van der Waals surface area contributed by atoms with Crippen molar-refractivity contribution in [3.05, 3.63) is 12.2 Å². The summed E-state index contributed by atoms with van der Waals surface area (Å²) in [6, 6.07) is 0. The summed E-state index contributed by atoms with van der Waals surface area (Å²) < 4.78 is 0. The van der Waals surface area contributed by atoms with Crippen LogP contribution in [0.5, 0.6) is 0 Å². The molecule has 1 aliphatic carbocycles. The van der Waals surface area contributed by atoms with Gasteiger partial charge < -0.3 is 10.2 Å². The average molecular weight is 292 g/mol. The Kier molecular flexibility index (Phi) is 7.78. The predicted octanol–water partition coefficient (Wildman–Crippen LogP) is 2.56. The molecule has 1 fully saturated rings. The minimum atomic E-state index is -0.847. The molecule has 1 saturated carbocycles. The predicted molar refractivity (Wildman–Crippen MR) is 80.5 cm³/mol. The van der Waals surface area contributed by atoms with E-state index in [9.17, 15) is 14.7 Å². The molecule has 0 aromatic carbocycles. The second-order valence-electron chi connectivity index (χ2n) is 5.50. The van der Waals surface area contributed by atoms with Crippen LogP contribution in [-0.4, -0.2) is 28.1 Å². The number of aliphatic hydroxyl groups is 1. The van der Waals surface area contributed by atoms with Crippen LogP contribution < -0.4 is 0 Å². The van der Waals surface area contributed by atoms with Crippen LogP contribution in [0.3, 0.4) is 0 Å². The van der Waals surface area contributed by atoms with Gasteiger partial charge in [0.1, 0.15) is 0 Å². The van der Waals surface area contributed by atoms with Crippen molar-refractivity contribution in [3.63, 3.8) is 0 Å². The van der Waals surface area contributed by atoms with Crippen molar-refractivity contribution in [1.29, 1.82) is 0 Å². The van der Waals surface area contributed by atoms with E-state index in [1.807, 2.05) is 13.0 Å². The molecule has 3 unspecified atom stereocenters.